The van der Waals surface area contributed by atoms with E-state index in [1.165, 1.54) is 24.1 Å². The maximum atomic E-state index is 14.3. The van der Waals surface area contributed by atoms with Crippen molar-refractivity contribution in [2.75, 3.05) is 43.1 Å². The van der Waals surface area contributed by atoms with Crippen molar-refractivity contribution in [2.24, 2.45) is 0 Å². The Morgan fingerprint density at radius 3 is 1.25 bits per heavy atom. The number of rotatable bonds is 10. The molecule has 0 bridgehead atoms. The molecule has 6 aromatic carbocycles. The van der Waals surface area contributed by atoms with Gasteiger partial charge in [0.05, 0.1) is 18.9 Å². The summed E-state index contributed by atoms with van der Waals surface area (Å²) in [6.45, 7) is 2.15. The number of aryl methyl sites for hydroxylation is 2. The number of benzene rings is 6. The zero-order valence-corrected chi connectivity index (χ0v) is 41.4. The monoisotopic (exact) mass is 982 g/mol. The van der Waals surface area contributed by atoms with Gasteiger partial charge in [-0.3, -0.25) is 9.59 Å². The molecule has 4 atom stereocenters. The van der Waals surface area contributed by atoms with Crippen LogP contribution in [0.25, 0.3) is 0 Å². The van der Waals surface area contributed by atoms with Gasteiger partial charge in [0.15, 0.2) is 0 Å². The van der Waals surface area contributed by atoms with Gasteiger partial charge in [-0.1, -0.05) is 133 Å². The second-order valence-electron chi connectivity index (χ2n) is 19.0. The Kier molecular flexibility index (Phi) is 18.3. The van der Waals surface area contributed by atoms with E-state index in [9.17, 15) is 33.1 Å². The number of nitrogens with zero attached hydrogens (tertiary/aromatic N) is 4. The Morgan fingerprint density at radius 1 is 0.534 bits per heavy atom. The number of carbonyl (C=O) groups excluding carboxylic acids is 3. The largest absolute Gasteiger partial charge is 1.00 e. The topological polar surface area (TPSA) is 141 Å². The molecule has 4 heterocycles. The fourth-order valence-electron chi connectivity index (χ4n) is 11.3. The van der Waals surface area contributed by atoms with E-state index < -0.39 is 35.9 Å². The second kappa shape index (κ2) is 24.8. The molecule has 11 nitrogen and oxygen atoms in total. The van der Waals surface area contributed by atoms with Crippen LogP contribution in [0.3, 0.4) is 0 Å². The average Bonchev–Trinajstić information content (AvgIpc) is 3.92. The first kappa shape index (κ1) is 54.0. The van der Waals surface area contributed by atoms with Crippen molar-refractivity contribution in [2.45, 2.75) is 87.4 Å². The van der Waals surface area contributed by atoms with Crippen LogP contribution >= 0.6 is 0 Å². The summed E-state index contributed by atoms with van der Waals surface area (Å²) in [5, 5.41) is 10.1. The Balaban J connectivity index is 0.000000208. The number of methoxy groups -OCH3 is 1. The van der Waals surface area contributed by atoms with E-state index in [1.54, 1.807) is 17.0 Å². The Morgan fingerprint density at radius 2 is 0.890 bits per heavy atom. The van der Waals surface area contributed by atoms with Gasteiger partial charge >= 0.3 is 30.8 Å². The minimum absolute atomic E-state index is 0. The molecule has 2 N–H and O–H groups in total. The number of aliphatic carboxylic acids is 1. The molecule has 0 spiro atoms. The van der Waals surface area contributed by atoms with Crippen LogP contribution in [0.5, 0.6) is 0 Å². The van der Waals surface area contributed by atoms with Gasteiger partial charge in [-0.05, 0) is 96.2 Å². The van der Waals surface area contributed by atoms with Crippen LogP contribution in [0.15, 0.2) is 158 Å². The molecule has 4 aliphatic heterocycles. The summed E-state index contributed by atoms with van der Waals surface area (Å²) >= 11 is 0. The van der Waals surface area contributed by atoms with Crippen LogP contribution < -0.4 is 28.7 Å². The SMILES string of the molecule is COC(=O)[C@@H]1C[C@H](N2CCCCc3ccc(F)cc32)CN1C(=O)C(c1ccccc1)c1ccccc1.O=C(O)[C@@H]1C[C@H](N2CCCCc3ccc(F)cc32)CN1C(=O)C(c1ccccc1)c1ccccc1.[Li+].[OH-]. The van der Waals surface area contributed by atoms with Gasteiger partial charge in [0, 0.05) is 62.5 Å². The van der Waals surface area contributed by atoms with Crippen molar-refractivity contribution in [3.63, 3.8) is 0 Å². The van der Waals surface area contributed by atoms with Crippen molar-refractivity contribution in [1.82, 2.24) is 9.80 Å². The van der Waals surface area contributed by atoms with Crippen LogP contribution in [0.4, 0.5) is 20.2 Å². The second-order valence-corrected chi connectivity index (χ2v) is 19.0. The number of fused-ring (bicyclic) bond motifs is 2. The van der Waals surface area contributed by atoms with Gasteiger partial charge in [0.25, 0.3) is 0 Å². The first-order valence-electron chi connectivity index (χ1n) is 24.8. The number of esters is 1. The quantitative estimate of drug-likeness (QED) is 0.119. The van der Waals surface area contributed by atoms with E-state index in [0.717, 1.165) is 96.4 Å². The normalized spacial score (nSPS) is 19.2. The molecular weight excluding hydrogens is 922 g/mol. The number of ether oxygens (including phenoxy) is 1. The number of amides is 2. The fraction of sp³-hybridized carbons (Fsp3) is 0.322. The predicted molar refractivity (Wildman–Crippen MR) is 272 cm³/mol. The molecule has 2 saturated heterocycles. The molecule has 4 aliphatic rings. The Labute approximate surface area is 438 Å². The van der Waals surface area contributed by atoms with Crippen molar-refractivity contribution >= 4 is 35.1 Å². The maximum absolute atomic E-state index is 14.3. The molecule has 374 valence electrons. The molecule has 2 fully saturated rings. The van der Waals surface area contributed by atoms with Crippen LogP contribution in [0.1, 0.15) is 83.7 Å². The van der Waals surface area contributed by atoms with Gasteiger partial charge in [0.1, 0.15) is 23.7 Å². The number of halogens is 2. The number of carboxylic acids is 1. The molecule has 0 aromatic heterocycles. The van der Waals surface area contributed by atoms with Crippen LogP contribution in [-0.4, -0.2) is 102 Å². The average molecular weight is 983 g/mol. The van der Waals surface area contributed by atoms with Crippen molar-refractivity contribution in [1.29, 1.82) is 0 Å². The van der Waals surface area contributed by atoms with Gasteiger partial charge in [-0.25, -0.2) is 18.4 Å². The smallest absolute Gasteiger partial charge is 0.870 e. The van der Waals surface area contributed by atoms with Gasteiger partial charge in [0.2, 0.25) is 11.8 Å². The van der Waals surface area contributed by atoms with Gasteiger partial charge < -0.3 is 34.9 Å². The number of hydrogen-bond donors (Lipinski definition) is 1. The summed E-state index contributed by atoms with van der Waals surface area (Å²) in [7, 11) is 1.36. The standard InChI is InChI=1S/C30H31FN2O3.C29H29FN2O3.Li.H2O/c1-36-30(35)27-19-25(32-17-9-8-10-21-15-16-24(31)18-26(21)32)20-33(27)29(34)28(22-11-4-2-5-12-22)23-13-6-3-7-14-23;30-23-15-14-20-9-7-8-16-31(25(20)17-23)24-18-26(29(34)35)32(19-24)28(33)27(21-10-3-1-4-11-21)22-12-5-2-6-13-22;;/h2-7,11-16,18,25,27-28H,8-10,17,19-20H2,1H3;1-6,10-15,17,24,26-27H,7-9,16,18-19H2,(H,34,35);;1H2/q;;+1;/p-1/t25-,27-;24-,26-;;/m00../s1. The zero-order chi connectivity index (χ0) is 49.4. The first-order chi connectivity index (χ1) is 34.6. The van der Waals surface area contributed by atoms with E-state index in [1.807, 2.05) is 133 Å². The summed E-state index contributed by atoms with van der Waals surface area (Å²) in [4.78, 5) is 61.1. The van der Waals surface area contributed by atoms with Crippen molar-refractivity contribution in [3.8, 4) is 0 Å². The number of likely N-dealkylation sites (tertiary alicyclic amines) is 2. The third kappa shape index (κ3) is 12.0. The molecule has 14 heteroatoms. The number of carboxylic acid groups (broad SMARTS) is 1. The zero-order valence-electron chi connectivity index (χ0n) is 41.4. The summed E-state index contributed by atoms with van der Waals surface area (Å²) in [6, 6.07) is 46.3. The summed E-state index contributed by atoms with van der Waals surface area (Å²) < 4.78 is 33.6. The fourth-order valence-corrected chi connectivity index (χ4v) is 11.3. The van der Waals surface area contributed by atoms with E-state index >= 15 is 0 Å². The molecule has 0 saturated carbocycles. The van der Waals surface area contributed by atoms with Crippen LogP contribution in [0.2, 0.25) is 0 Å². The molecule has 2 amide bonds. The summed E-state index contributed by atoms with van der Waals surface area (Å²) in [5.74, 6) is -3.46. The summed E-state index contributed by atoms with van der Waals surface area (Å²) in [6.07, 6.45) is 6.46. The van der Waals surface area contributed by atoms with E-state index in [0.29, 0.717) is 25.9 Å². The molecule has 6 aromatic rings. The van der Waals surface area contributed by atoms with Crippen molar-refractivity contribution < 1.29 is 62.1 Å². The third-order valence-corrected chi connectivity index (χ3v) is 14.7. The first-order valence-corrected chi connectivity index (χ1v) is 24.8. The van der Waals surface area contributed by atoms with E-state index in [-0.39, 0.29) is 59.9 Å². The van der Waals surface area contributed by atoms with Gasteiger partial charge in [-0.2, -0.15) is 0 Å². The Bertz CT molecular complexity index is 2730. The molecule has 0 unspecified atom stereocenters. The predicted octanol–water partition coefficient (Wildman–Crippen LogP) is 6.62. The summed E-state index contributed by atoms with van der Waals surface area (Å²) in [5.41, 5.74) is 7.31. The van der Waals surface area contributed by atoms with Crippen LogP contribution in [-0.2, 0) is 36.8 Å². The number of hydrogen-bond acceptors (Lipinski definition) is 8. The van der Waals surface area contributed by atoms with Crippen molar-refractivity contribution in [3.05, 3.63) is 203 Å². The molecule has 0 radical (unpaired) electrons. The Hall–Kier alpha value is -6.78. The maximum Gasteiger partial charge on any atom is 1.00 e. The van der Waals surface area contributed by atoms with Crippen LogP contribution in [0, 0.1) is 11.6 Å². The molecule has 10 rings (SSSR count). The van der Waals surface area contributed by atoms with E-state index in [2.05, 4.69) is 9.80 Å². The molecular formula is C59H61F2LiN4O7. The minimum atomic E-state index is -1.00. The van der Waals surface area contributed by atoms with Gasteiger partial charge in [-0.15, -0.1) is 0 Å². The number of carbonyl (C=O) groups is 4. The third-order valence-electron chi connectivity index (χ3n) is 14.7. The molecule has 0 aliphatic carbocycles. The molecule has 73 heavy (non-hydrogen) atoms. The minimum Gasteiger partial charge on any atom is -0.870 e. The van der Waals surface area contributed by atoms with E-state index in [4.69, 9.17) is 4.74 Å². The number of anilines is 2.